The van der Waals surface area contributed by atoms with Crippen LogP contribution >= 0.6 is 15.9 Å². The van der Waals surface area contributed by atoms with Gasteiger partial charge in [0.1, 0.15) is 0 Å². The topological polar surface area (TPSA) is 35.2 Å². The Hall–Kier alpha value is -0.540. The van der Waals surface area contributed by atoms with Gasteiger partial charge in [0.15, 0.2) is 0 Å². The summed E-state index contributed by atoms with van der Waals surface area (Å²) in [5.41, 5.74) is 7.74. The summed E-state index contributed by atoms with van der Waals surface area (Å²) in [6, 6.07) is 5.98. The molecule has 0 amide bonds. The zero-order chi connectivity index (χ0) is 13.4. The van der Waals surface area contributed by atoms with Crippen LogP contribution in [0.3, 0.4) is 0 Å². The summed E-state index contributed by atoms with van der Waals surface area (Å²) in [6.07, 6.45) is 6.66. The highest BCUT2D eigenvalue weighted by molar-refractivity contribution is 9.10. The molecular formula is C15H24BrNO. The molecule has 0 saturated carbocycles. The molecule has 102 valence electrons. The van der Waals surface area contributed by atoms with Crippen LogP contribution in [-0.2, 0) is 11.3 Å². The number of ether oxygens (including phenoxy) is 1. The van der Waals surface area contributed by atoms with Crippen molar-refractivity contribution in [1.29, 1.82) is 0 Å². The Labute approximate surface area is 119 Å². The molecule has 0 fully saturated rings. The van der Waals surface area contributed by atoms with Gasteiger partial charge in [-0.3, -0.25) is 0 Å². The van der Waals surface area contributed by atoms with Crippen molar-refractivity contribution in [2.24, 2.45) is 0 Å². The molecule has 2 N–H and O–H groups in total. The van der Waals surface area contributed by atoms with E-state index in [0.717, 1.165) is 22.1 Å². The third-order valence-corrected chi connectivity index (χ3v) is 3.78. The lowest BCUT2D eigenvalue weighted by atomic mass is 10.1. The summed E-state index contributed by atoms with van der Waals surface area (Å²) in [6.45, 7) is 5.03. The van der Waals surface area contributed by atoms with Crippen molar-refractivity contribution < 1.29 is 4.74 Å². The van der Waals surface area contributed by atoms with E-state index in [4.69, 9.17) is 10.5 Å². The molecular weight excluding hydrogens is 290 g/mol. The fourth-order valence-electron chi connectivity index (χ4n) is 1.86. The Morgan fingerprint density at radius 1 is 1.28 bits per heavy atom. The maximum Gasteiger partial charge on any atom is 0.0721 e. The summed E-state index contributed by atoms with van der Waals surface area (Å²) >= 11 is 3.39. The van der Waals surface area contributed by atoms with Gasteiger partial charge in [0.2, 0.25) is 0 Å². The van der Waals surface area contributed by atoms with Gasteiger partial charge in [-0.05, 0) is 47.0 Å². The van der Waals surface area contributed by atoms with Gasteiger partial charge in [0.25, 0.3) is 0 Å². The van der Waals surface area contributed by atoms with Gasteiger partial charge in [-0.1, -0.05) is 38.7 Å². The van der Waals surface area contributed by atoms with E-state index >= 15 is 0 Å². The molecule has 1 aromatic rings. The lowest BCUT2D eigenvalue weighted by molar-refractivity contribution is 0.0459. The maximum absolute atomic E-state index is 5.84. The average molecular weight is 314 g/mol. The van der Waals surface area contributed by atoms with Gasteiger partial charge in [-0.25, -0.2) is 0 Å². The van der Waals surface area contributed by atoms with Crippen molar-refractivity contribution in [2.75, 3.05) is 5.73 Å². The number of rotatable bonds is 8. The first-order chi connectivity index (χ1) is 8.63. The van der Waals surface area contributed by atoms with E-state index in [1.165, 1.54) is 25.7 Å². The monoisotopic (exact) mass is 313 g/mol. The van der Waals surface area contributed by atoms with Crippen LogP contribution in [0.2, 0.25) is 0 Å². The van der Waals surface area contributed by atoms with Crippen molar-refractivity contribution in [3.8, 4) is 0 Å². The third kappa shape index (κ3) is 5.87. The number of unbranched alkanes of at least 4 members (excludes halogenated alkanes) is 3. The third-order valence-electron chi connectivity index (χ3n) is 3.06. The zero-order valence-electron chi connectivity index (χ0n) is 11.4. The highest BCUT2D eigenvalue weighted by atomic mass is 79.9. The number of benzene rings is 1. The van der Waals surface area contributed by atoms with Crippen LogP contribution in [0.15, 0.2) is 22.7 Å². The van der Waals surface area contributed by atoms with Crippen LogP contribution in [0.25, 0.3) is 0 Å². The van der Waals surface area contributed by atoms with Gasteiger partial charge < -0.3 is 10.5 Å². The van der Waals surface area contributed by atoms with Crippen LogP contribution in [0, 0.1) is 0 Å². The predicted octanol–water partition coefficient (Wildman–Crippen LogP) is 4.91. The fraction of sp³-hybridized carbons (Fsp3) is 0.600. The molecule has 0 bridgehead atoms. The largest absolute Gasteiger partial charge is 0.398 e. The van der Waals surface area contributed by atoms with E-state index in [-0.39, 0.29) is 0 Å². The minimum Gasteiger partial charge on any atom is -0.398 e. The van der Waals surface area contributed by atoms with Gasteiger partial charge in [-0.15, -0.1) is 0 Å². The van der Waals surface area contributed by atoms with Crippen LogP contribution in [-0.4, -0.2) is 6.10 Å². The normalized spacial score (nSPS) is 12.6. The quantitative estimate of drug-likeness (QED) is 0.547. The number of anilines is 1. The predicted molar refractivity (Wildman–Crippen MR) is 81.6 cm³/mol. The minimum absolute atomic E-state index is 0.326. The second kappa shape index (κ2) is 8.54. The highest BCUT2D eigenvalue weighted by Crippen LogP contribution is 2.21. The molecule has 1 aromatic carbocycles. The van der Waals surface area contributed by atoms with E-state index in [0.29, 0.717) is 12.7 Å². The minimum atomic E-state index is 0.326. The molecule has 0 heterocycles. The Kier molecular flexibility index (Phi) is 7.36. The Morgan fingerprint density at radius 2 is 2.06 bits per heavy atom. The SMILES string of the molecule is CCCCCCC(C)OCc1ccc(Br)c(N)c1. The summed E-state index contributed by atoms with van der Waals surface area (Å²) in [4.78, 5) is 0. The average Bonchev–Trinajstić information content (AvgIpc) is 2.36. The van der Waals surface area contributed by atoms with Crippen LogP contribution in [0.1, 0.15) is 51.5 Å². The summed E-state index contributed by atoms with van der Waals surface area (Å²) < 4.78 is 6.78. The first-order valence-corrected chi connectivity index (χ1v) is 7.58. The molecule has 0 aliphatic rings. The number of nitrogen functional groups attached to an aromatic ring is 1. The summed E-state index contributed by atoms with van der Waals surface area (Å²) in [5.74, 6) is 0. The Balaban J connectivity index is 2.24. The number of hydrogen-bond donors (Lipinski definition) is 1. The van der Waals surface area contributed by atoms with Crippen LogP contribution in [0.5, 0.6) is 0 Å². The molecule has 1 atom stereocenters. The number of hydrogen-bond acceptors (Lipinski definition) is 2. The van der Waals surface area contributed by atoms with Crippen molar-refractivity contribution in [3.63, 3.8) is 0 Å². The van der Waals surface area contributed by atoms with Crippen molar-refractivity contribution in [3.05, 3.63) is 28.2 Å². The molecule has 0 spiro atoms. The molecule has 0 radical (unpaired) electrons. The van der Waals surface area contributed by atoms with Gasteiger partial charge >= 0.3 is 0 Å². The van der Waals surface area contributed by atoms with Gasteiger partial charge in [0, 0.05) is 10.2 Å². The first-order valence-electron chi connectivity index (χ1n) is 6.79. The lowest BCUT2D eigenvalue weighted by Gasteiger charge is -2.13. The Bertz CT molecular complexity index is 354. The molecule has 0 saturated heterocycles. The standard InChI is InChI=1S/C15H24BrNO/c1-3-4-5-6-7-12(2)18-11-13-8-9-14(16)15(17)10-13/h8-10,12H,3-7,11,17H2,1-2H3. The molecule has 0 aromatic heterocycles. The smallest absolute Gasteiger partial charge is 0.0721 e. The summed E-state index contributed by atoms with van der Waals surface area (Å²) in [5, 5.41) is 0. The molecule has 2 nitrogen and oxygen atoms in total. The van der Waals surface area contributed by atoms with Crippen molar-refractivity contribution in [2.45, 2.75) is 58.7 Å². The molecule has 0 aliphatic carbocycles. The van der Waals surface area contributed by atoms with Crippen molar-refractivity contribution >= 4 is 21.6 Å². The highest BCUT2D eigenvalue weighted by Gasteiger charge is 2.04. The van der Waals surface area contributed by atoms with E-state index in [1.54, 1.807) is 0 Å². The summed E-state index contributed by atoms with van der Waals surface area (Å²) in [7, 11) is 0. The Morgan fingerprint density at radius 3 is 2.72 bits per heavy atom. The van der Waals surface area contributed by atoms with E-state index in [1.807, 2.05) is 18.2 Å². The molecule has 1 rings (SSSR count). The van der Waals surface area contributed by atoms with Gasteiger partial charge in [0.05, 0.1) is 12.7 Å². The molecule has 1 unspecified atom stereocenters. The first kappa shape index (κ1) is 15.5. The van der Waals surface area contributed by atoms with E-state index < -0.39 is 0 Å². The van der Waals surface area contributed by atoms with Gasteiger partial charge in [-0.2, -0.15) is 0 Å². The molecule has 0 aliphatic heterocycles. The molecule has 3 heteroatoms. The number of nitrogens with two attached hydrogens (primary N) is 1. The maximum atomic E-state index is 5.84. The molecule has 18 heavy (non-hydrogen) atoms. The van der Waals surface area contributed by atoms with Crippen LogP contribution < -0.4 is 5.73 Å². The van der Waals surface area contributed by atoms with E-state index in [9.17, 15) is 0 Å². The second-order valence-electron chi connectivity index (χ2n) is 4.83. The van der Waals surface area contributed by atoms with Crippen LogP contribution in [0.4, 0.5) is 5.69 Å². The zero-order valence-corrected chi connectivity index (χ0v) is 13.0. The van der Waals surface area contributed by atoms with E-state index in [2.05, 4.69) is 29.8 Å². The number of halogens is 1. The van der Waals surface area contributed by atoms with Crippen molar-refractivity contribution in [1.82, 2.24) is 0 Å². The lowest BCUT2D eigenvalue weighted by Crippen LogP contribution is -2.08. The fourth-order valence-corrected chi connectivity index (χ4v) is 2.11. The second-order valence-corrected chi connectivity index (χ2v) is 5.68.